The Kier molecular flexibility index (Phi) is 5.66. The van der Waals surface area contributed by atoms with Gasteiger partial charge in [-0.3, -0.25) is 4.79 Å². The van der Waals surface area contributed by atoms with E-state index in [4.69, 9.17) is 4.74 Å². The van der Waals surface area contributed by atoms with Crippen LogP contribution in [0.3, 0.4) is 0 Å². The second-order valence-corrected chi connectivity index (χ2v) is 7.06. The lowest BCUT2D eigenvalue weighted by Gasteiger charge is -2.08. The summed E-state index contributed by atoms with van der Waals surface area (Å²) in [6.45, 7) is 2.13. The van der Waals surface area contributed by atoms with Crippen LogP contribution in [0.1, 0.15) is 45.4 Å². The van der Waals surface area contributed by atoms with Crippen molar-refractivity contribution in [3.8, 4) is 0 Å². The molecule has 3 rings (SSSR count). The molecule has 0 aliphatic heterocycles. The van der Waals surface area contributed by atoms with Crippen molar-refractivity contribution in [1.29, 1.82) is 0 Å². The highest BCUT2D eigenvalue weighted by Gasteiger charge is 2.17. The van der Waals surface area contributed by atoms with Gasteiger partial charge in [-0.15, -0.1) is 11.3 Å². The maximum atomic E-state index is 12.4. The van der Waals surface area contributed by atoms with Crippen LogP contribution in [0.15, 0.2) is 36.4 Å². The predicted octanol–water partition coefficient (Wildman–Crippen LogP) is 4.46. The first-order valence-corrected chi connectivity index (χ1v) is 9.35. The van der Waals surface area contributed by atoms with Gasteiger partial charge in [-0.2, -0.15) is 0 Å². The summed E-state index contributed by atoms with van der Waals surface area (Å²) in [7, 11) is 0. The fourth-order valence-corrected chi connectivity index (χ4v) is 3.98. The number of benzene rings is 1. The van der Waals surface area contributed by atoms with E-state index in [1.165, 1.54) is 29.4 Å². The van der Waals surface area contributed by atoms with E-state index in [9.17, 15) is 9.59 Å². The van der Waals surface area contributed by atoms with Gasteiger partial charge in [-0.25, -0.2) is 4.79 Å². The fraction of sp³-hybridized carbons (Fsp3) is 0.300. The van der Waals surface area contributed by atoms with E-state index in [0.717, 1.165) is 29.0 Å². The highest BCUT2D eigenvalue weighted by Crippen LogP contribution is 2.30. The number of ether oxygens (including phenoxy) is 1. The topological polar surface area (TPSA) is 55.4 Å². The molecule has 0 radical (unpaired) electrons. The van der Waals surface area contributed by atoms with Crippen LogP contribution >= 0.6 is 11.3 Å². The van der Waals surface area contributed by atoms with E-state index < -0.39 is 0 Å². The van der Waals surface area contributed by atoms with Crippen LogP contribution in [0, 0.1) is 0 Å². The summed E-state index contributed by atoms with van der Waals surface area (Å²) in [5.74, 6) is -0.421. The second-order valence-electron chi connectivity index (χ2n) is 5.93. The van der Waals surface area contributed by atoms with Crippen molar-refractivity contribution in [2.24, 2.45) is 0 Å². The molecule has 5 heteroatoms. The van der Waals surface area contributed by atoms with Crippen molar-refractivity contribution < 1.29 is 14.3 Å². The van der Waals surface area contributed by atoms with Crippen LogP contribution in [0.25, 0.3) is 6.08 Å². The summed E-state index contributed by atoms with van der Waals surface area (Å²) in [6.07, 6.45) is 7.69. The third-order valence-electron chi connectivity index (χ3n) is 4.09. The van der Waals surface area contributed by atoms with E-state index in [0.29, 0.717) is 6.61 Å². The van der Waals surface area contributed by atoms with Crippen molar-refractivity contribution in [2.45, 2.75) is 32.6 Å². The minimum atomic E-state index is -0.360. The zero-order valence-corrected chi connectivity index (χ0v) is 15.0. The number of nitrogens with one attached hydrogen (secondary N) is 1. The van der Waals surface area contributed by atoms with Crippen LogP contribution in [0.5, 0.6) is 0 Å². The number of aryl methyl sites for hydroxylation is 2. The molecule has 2 aromatic rings. The number of fused-ring (bicyclic) bond motifs is 1. The molecular weight excluding hydrogens is 334 g/mol. The maximum Gasteiger partial charge on any atom is 0.330 e. The van der Waals surface area contributed by atoms with Crippen LogP contribution < -0.4 is 5.32 Å². The molecule has 0 saturated heterocycles. The molecule has 130 valence electrons. The zero-order valence-electron chi connectivity index (χ0n) is 14.2. The molecular formula is C20H21NO3S. The van der Waals surface area contributed by atoms with Crippen LogP contribution in [-0.2, 0) is 22.4 Å². The highest BCUT2D eigenvalue weighted by atomic mass is 32.1. The van der Waals surface area contributed by atoms with E-state index in [1.807, 2.05) is 30.3 Å². The largest absolute Gasteiger partial charge is 0.463 e. The number of carbonyl (C=O) groups is 2. The van der Waals surface area contributed by atoms with Crippen molar-refractivity contribution >= 4 is 35.0 Å². The molecule has 0 atom stereocenters. The number of amides is 1. The van der Waals surface area contributed by atoms with E-state index in [-0.39, 0.29) is 11.9 Å². The molecule has 1 N–H and O–H groups in total. The summed E-state index contributed by atoms with van der Waals surface area (Å²) in [5, 5.41) is 2.94. The fourth-order valence-electron chi connectivity index (χ4n) is 2.83. The average molecular weight is 355 g/mol. The summed E-state index contributed by atoms with van der Waals surface area (Å²) < 4.78 is 4.84. The predicted molar refractivity (Wildman–Crippen MR) is 101 cm³/mol. The van der Waals surface area contributed by atoms with E-state index in [2.05, 4.69) is 5.32 Å². The van der Waals surface area contributed by atoms with Crippen LogP contribution in [0.2, 0.25) is 0 Å². The maximum absolute atomic E-state index is 12.4. The third kappa shape index (κ3) is 4.57. The van der Waals surface area contributed by atoms with Crippen LogP contribution in [0.4, 0.5) is 5.69 Å². The second kappa shape index (κ2) is 8.12. The summed E-state index contributed by atoms with van der Waals surface area (Å²) in [5.41, 5.74) is 2.95. The Labute approximate surface area is 151 Å². The van der Waals surface area contributed by atoms with Crippen molar-refractivity contribution in [3.05, 3.63) is 57.3 Å². The highest BCUT2D eigenvalue weighted by molar-refractivity contribution is 7.14. The number of thiophene rings is 1. The van der Waals surface area contributed by atoms with E-state index in [1.54, 1.807) is 24.3 Å². The van der Waals surface area contributed by atoms with Gasteiger partial charge in [-0.05, 0) is 68.0 Å². The minimum absolute atomic E-state index is 0.0609. The monoisotopic (exact) mass is 355 g/mol. The van der Waals surface area contributed by atoms with Gasteiger partial charge in [0.25, 0.3) is 5.91 Å². The zero-order chi connectivity index (χ0) is 17.6. The first-order chi connectivity index (χ1) is 12.2. The summed E-state index contributed by atoms with van der Waals surface area (Å²) in [6, 6.07) is 9.40. The number of hydrogen-bond donors (Lipinski definition) is 1. The van der Waals surface area contributed by atoms with E-state index >= 15 is 0 Å². The van der Waals surface area contributed by atoms with Gasteiger partial charge in [-0.1, -0.05) is 12.1 Å². The molecule has 1 aliphatic rings. The quantitative estimate of drug-likeness (QED) is 0.636. The molecule has 1 aromatic heterocycles. The number of rotatable bonds is 5. The van der Waals surface area contributed by atoms with Gasteiger partial charge in [0.15, 0.2) is 0 Å². The summed E-state index contributed by atoms with van der Waals surface area (Å²) in [4.78, 5) is 25.9. The van der Waals surface area contributed by atoms with Gasteiger partial charge in [0.05, 0.1) is 11.5 Å². The molecule has 4 nitrogen and oxygen atoms in total. The Balaban J connectivity index is 1.62. The lowest BCUT2D eigenvalue weighted by molar-refractivity contribution is -0.137. The number of esters is 1. The molecule has 0 spiro atoms. The van der Waals surface area contributed by atoms with Gasteiger partial charge in [0.2, 0.25) is 0 Å². The number of carbonyl (C=O) groups excluding carboxylic acids is 2. The Morgan fingerprint density at radius 1 is 1.20 bits per heavy atom. The molecule has 1 heterocycles. The molecule has 0 fully saturated rings. The molecule has 1 aromatic carbocycles. The Hall–Kier alpha value is -2.40. The van der Waals surface area contributed by atoms with Crippen molar-refractivity contribution in [1.82, 2.24) is 0 Å². The number of hydrogen-bond acceptors (Lipinski definition) is 4. The minimum Gasteiger partial charge on any atom is -0.463 e. The SMILES string of the molecule is CCOC(=O)/C=C/c1ccc(NC(=O)c2cc3c(s2)CCCC3)cc1. The molecule has 0 saturated carbocycles. The standard InChI is InChI=1S/C20H21NO3S/c1-2-24-19(22)12-9-14-7-10-16(11-8-14)21-20(23)18-13-15-5-3-4-6-17(15)25-18/h7-13H,2-6H2,1H3,(H,21,23)/b12-9+. The smallest absolute Gasteiger partial charge is 0.330 e. The normalized spacial score (nSPS) is 13.5. The Morgan fingerprint density at radius 2 is 1.96 bits per heavy atom. The Morgan fingerprint density at radius 3 is 2.68 bits per heavy atom. The lowest BCUT2D eigenvalue weighted by atomic mass is 9.99. The molecule has 25 heavy (non-hydrogen) atoms. The third-order valence-corrected chi connectivity index (χ3v) is 5.32. The molecule has 1 aliphatic carbocycles. The molecule has 1 amide bonds. The van der Waals surface area contributed by atoms with Gasteiger partial charge < -0.3 is 10.1 Å². The first kappa shape index (κ1) is 17.4. The lowest BCUT2D eigenvalue weighted by Crippen LogP contribution is -2.09. The average Bonchev–Trinajstić information content (AvgIpc) is 3.06. The Bertz CT molecular complexity index is 766. The number of anilines is 1. The molecule has 0 unspecified atom stereocenters. The molecule has 0 bridgehead atoms. The summed E-state index contributed by atoms with van der Waals surface area (Å²) >= 11 is 1.61. The van der Waals surface area contributed by atoms with Crippen molar-refractivity contribution in [3.63, 3.8) is 0 Å². The van der Waals surface area contributed by atoms with Gasteiger partial charge in [0, 0.05) is 16.6 Å². The first-order valence-electron chi connectivity index (χ1n) is 8.53. The van der Waals surface area contributed by atoms with Crippen LogP contribution in [-0.4, -0.2) is 18.5 Å². The van der Waals surface area contributed by atoms with Gasteiger partial charge >= 0.3 is 5.97 Å². The van der Waals surface area contributed by atoms with Gasteiger partial charge in [0.1, 0.15) is 0 Å². The van der Waals surface area contributed by atoms with Crippen molar-refractivity contribution in [2.75, 3.05) is 11.9 Å².